The van der Waals surface area contributed by atoms with Crippen LogP contribution in [0.4, 0.5) is 8.78 Å². The van der Waals surface area contributed by atoms with Crippen LogP contribution in [0.3, 0.4) is 0 Å². The fraction of sp³-hybridized carbons (Fsp3) is 0.333. The van der Waals surface area contributed by atoms with Crippen molar-refractivity contribution in [2.75, 3.05) is 7.05 Å². The Morgan fingerprint density at radius 3 is 2.78 bits per heavy atom. The van der Waals surface area contributed by atoms with Gasteiger partial charge in [-0.2, -0.15) is 0 Å². The molecule has 6 heteroatoms. The summed E-state index contributed by atoms with van der Waals surface area (Å²) in [4.78, 5) is 0. The first kappa shape index (κ1) is 13.0. The van der Waals surface area contributed by atoms with Gasteiger partial charge in [0.05, 0.1) is 6.04 Å². The van der Waals surface area contributed by atoms with Gasteiger partial charge in [0.15, 0.2) is 0 Å². The van der Waals surface area contributed by atoms with Crippen LogP contribution in [0.25, 0.3) is 0 Å². The van der Waals surface area contributed by atoms with Crippen LogP contribution in [0.5, 0.6) is 0 Å². The number of hydrogen-bond acceptors (Lipinski definition) is 4. The smallest absolute Gasteiger partial charge is 0.134 e. The Bertz CT molecular complexity index is 542. The van der Waals surface area contributed by atoms with Crippen molar-refractivity contribution in [2.24, 2.45) is 0 Å². The molecule has 3 nitrogen and oxygen atoms in total. The number of nitrogens with zero attached hydrogens (tertiary/aromatic N) is 2. The molecule has 0 fully saturated rings. The molecule has 0 aliphatic carbocycles. The second kappa shape index (κ2) is 5.49. The number of benzene rings is 1. The highest BCUT2D eigenvalue weighted by atomic mass is 32.1. The Balaban J connectivity index is 2.16. The zero-order valence-electron chi connectivity index (χ0n) is 10.1. The van der Waals surface area contributed by atoms with Crippen LogP contribution in [0.1, 0.15) is 28.5 Å². The molecule has 18 heavy (non-hydrogen) atoms. The van der Waals surface area contributed by atoms with Crippen molar-refractivity contribution in [3.8, 4) is 0 Å². The van der Waals surface area contributed by atoms with E-state index in [1.165, 1.54) is 23.5 Å². The highest BCUT2D eigenvalue weighted by Gasteiger charge is 2.12. The molecule has 2 rings (SSSR count). The maximum absolute atomic E-state index is 13.5. The molecule has 0 saturated carbocycles. The van der Waals surface area contributed by atoms with Crippen LogP contribution in [0.15, 0.2) is 18.2 Å². The lowest BCUT2D eigenvalue weighted by atomic mass is 10.1. The minimum Gasteiger partial charge on any atom is -0.311 e. The third kappa shape index (κ3) is 2.88. The highest BCUT2D eigenvalue weighted by Crippen LogP contribution is 2.21. The molecule has 0 saturated heterocycles. The molecule has 2 aromatic rings. The monoisotopic (exact) mass is 269 g/mol. The first-order valence-electron chi connectivity index (χ1n) is 5.53. The molecule has 96 valence electrons. The number of rotatable bonds is 4. The van der Waals surface area contributed by atoms with Crippen molar-refractivity contribution in [3.63, 3.8) is 0 Å². The molecule has 1 heterocycles. The molecule has 1 atom stereocenters. The van der Waals surface area contributed by atoms with E-state index in [0.717, 1.165) is 16.1 Å². The third-order valence-corrected chi connectivity index (χ3v) is 3.75. The predicted octanol–water partition coefficient (Wildman–Crippen LogP) is 2.69. The first-order valence-corrected chi connectivity index (χ1v) is 6.35. The van der Waals surface area contributed by atoms with E-state index in [1.54, 1.807) is 0 Å². The van der Waals surface area contributed by atoms with Crippen LogP contribution in [0.2, 0.25) is 0 Å². The number of halogens is 2. The lowest BCUT2D eigenvalue weighted by Gasteiger charge is -2.03. The highest BCUT2D eigenvalue weighted by molar-refractivity contribution is 7.11. The average Bonchev–Trinajstić information content (AvgIpc) is 2.80. The number of hydrogen-bond donors (Lipinski definition) is 1. The Hall–Kier alpha value is -1.40. The first-order chi connectivity index (χ1) is 8.60. The summed E-state index contributed by atoms with van der Waals surface area (Å²) < 4.78 is 26.2. The minimum absolute atomic E-state index is 0.120. The van der Waals surface area contributed by atoms with Gasteiger partial charge in [-0.05, 0) is 25.6 Å². The van der Waals surface area contributed by atoms with E-state index in [-0.39, 0.29) is 6.04 Å². The summed E-state index contributed by atoms with van der Waals surface area (Å²) in [5, 5.41) is 12.7. The van der Waals surface area contributed by atoms with Gasteiger partial charge in [-0.25, -0.2) is 8.78 Å². The lowest BCUT2D eigenvalue weighted by Crippen LogP contribution is -2.11. The lowest BCUT2D eigenvalue weighted by molar-refractivity contribution is 0.574. The molecule has 1 unspecified atom stereocenters. The number of aromatic nitrogens is 2. The van der Waals surface area contributed by atoms with Crippen molar-refractivity contribution in [3.05, 3.63) is 45.4 Å². The van der Waals surface area contributed by atoms with Crippen molar-refractivity contribution >= 4 is 11.3 Å². The summed E-state index contributed by atoms with van der Waals surface area (Å²) >= 11 is 1.43. The fourth-order valence-corrected chi connectivity index (χ4v) is 2.39. The van der Waals surface area contributed by atoms with Crippen LogP contribution in [-0.4, -0.2) is 17.2 Å². The molecule has 0 aliphatic heterocycles. The van der Waals surface area contributed by atoms with Crippen LogP contribution in [-0.2, 0) is 6.42 Å². The maximum atomic E-state index is 13.5. The zero-order valence-corrected chi connectivity index (χ0v) is 10.9. The van der Waals surface area contributed by atoms with Gasteiger partial charge in [-0.3, -0.25) is 0 Å². The molecule has 0 bridgehead atoms. The van der Waals surface area contributed by atoms with Gasteiger partial charge in [0, 0.05) is 12.5 Å². The molecule has 0 radical (unpaired) electrons. The van der Waals surface area contributed by atoms with E-state index in [0.29, 0.717) is 12.0 Å². The quantitative estimate of drug-likeness (QED) is 0.927. The largest absolute Gasteiger partial charge is 0.311 e. The topological polar surface area (TPSA) is 37.8 Å². The van der Waals surface area contributed by atoms with Crippen molar-refractivity contribution in [1.82, 2.24) is 15.5 Å². The summed E-state index contributed by atoms with van der Waals surface area (Å²) in [6, 6.07) is 3.69. The van der Waals surface area contributed by atoms with Crippen LogP contribution < -0.4 is 5.32 Å². The summed E-state index contributed by atoms with van der Waals surface area (Å²) in [5.74, 6) is -1.12. The van der Waals surface area contributed by atoms with Gasteiger partial charge in [0.25, 0.3) is 0 Å². The molecule has 0 amide bonds. The van der Waals surface area contributed by atoms with E-state index in [1.807, 2.05) is 14.0 Å². The van der Waals surface area contributed by atoms with E-state index >= 15 is 0 Å². The van der Waals surface area contributed by atoms with Gasteiger partial charge >= 0.3 is 0 Å². The normalized spacial score (nSPS) is 12.7. The van der Waals surface area contributed by atoms with E-state index < -0.39 is 11.6 Å². The van der Waals surface area contributed by atoms with E-state index in [9.17, 15) is 8.78 Å². The Kier molecular flexibility index (Phi) is 3.98. The SMILES string of the molecule is CNC(C)c1nnc(Cc2ccc(F)cc2F)s1. The van der Waals surface area contributed by atoms with Gasteiger partial charge in [0.1, 0.15) is 21.6 Å². The average molecular weight is 269 g/mol. The maximum Gasteiger partial charge on any atom is 0.134 e. The molecular weight excluding hydrogens is 256 g/mol. The van der Waals surface area contributed by atoms with Crippen molar-refractivity contribution in [2.45, 2.75) is 19.4 Å². The second-order valence-electron chi connectivity index (χ2n) is 3.96. The van der Waals surface area contributed by atoms with Gasteiger partial charge in [-0.15, -0.1) is 10.2 Å². The van der Waals surface area contributed by atoms with E-state index in [2.05, 4.69) is 15.5 Å². The molecule has 0 spiro atoms. The molecule has 0 aliphatic rings. The molecule has 1 N–H and O–H groups in total. The summed E-state index contributed by atoms with van der Waals surface area (Å²) in [6.45, 7) is 1.97. The minimum atomic E-state index is -0.571. The van der Waals surface area contributed by atoms with E-state index in [4.69, 9.17) is 0 Å². The Morgan fingerprint density at radius 1 is 1.33 bits per heavy atom. The van der Waals surface area contributed by atoms with Crippen LogP contribution in [0, 0.1) is 11.6 Å². The van der Waals surface area contributed by atoms with Gasteiger partial charge in [-0.1, -0.05) is 17.4 Å². The third-order valence-electron chi connectivity index (χ3n) is 2.64. The molecule has 1 aromatic carbocycles. The number of nitrogens with one attached hydrogen (secondary N) is 1. The molecular formula is C12H13F2N3S. The Labute approximate surface area is 108 Å². The zero-order chi connectivity index (χ0) is 13.1. The summed E-state index contributed by atoms with van der Waals surface area (Å²) in [7, 11) is 1.84. The predicted molar refractivity (Wildman–Crippen MR) is 66.5 cm³/mol. The molecule has 1 aromatic heterocycles. The fourth-order valence-electron chi connectivity index (χ4n) is 1.46. The summed E-state index contributed by atoms with van der Waals surface area (Å²) in [5.41, 5.74) is 0.427. The standard InChI is InChI=1S/C12H13F2N3S/c1-7(15-2)12-17-16-11(18-12)5-8-3-4-9(13)6-10(8)14/h3-4,6-7,15H,5H2,1-2H3. The van der Waals surface area contributed by atoms with Crippen LogP contribution >= 0.6 is 11.3 Å². The summed E-state index contributed by atoms with van der Waals surface area (Å²) in [6.07, 6.45) is 0.334. The Morgan fingerprint density at radius 2 is 2.11 bits per heavy atom. The van der Waals surface area contributed by atoms with Crippen molar-refractivity contribution in [1.29, 1.82) is 0 Å². The van der Waals surface area contributed by atoms with Crippen molar-refractivity contribution < 1.29 is 8.78 Å². The van der Waals surface area contributed by atoms with Gasteiger partial charge < -0.3 is 5.32 Å². The van der Waals surface area contributed by atoms with Gasteiger partial charge in [0.2, 0.25) is 0 Å². The second-order valence-corrected chi connectivity index (χ2v) is 5.05.